The Morgan fingerprint density at radius 1 is 0.917 bits per heavy atom. The number of hydrogen-bond acceptors (Lipinski definition) is 6. The number of rotatable bonds is 5. The fourth-order valence-corrected chi connectivity index (χ4v) is 3.06. The summed E-state index contributed by atoms with van der Waals surface area (Å²) in [6.45, 7) is 0.119. The molecule has 0 amide bonds. The summed E-state index contributed by atoms with van der Waals surface area (Å²) in [5.41, 5.74) is 1.90. The summed E-state index contributed by atoms with van der Waals surface area (Å²) >= 11 is 0. The zero-order valence-corrected chi connectivity index (χ0v) is 13.7. The molecule has 6 nitrogen and oxygen atoms in total. The van der Waals surface area contributed by atoms with E-state index in [0.29, 0.717) is 27.9 Å². The van der Waals surface area contributed by atoms with Crippen LogP contribution in [-0.4, -0.2) is 39.4 Å². The molecule has 0 aromatic heterocycles. The van der Waals surface area contributed by atoms with Gasteiger partial charge in [0.25, 0.3) is 10.1 Å². The van der Waals surface area contributed by atoms with Crippen LogP contribution >= 0.6 is 0 Å². The van der Waals surface area contributed by atoms with E-state index in [-0.39, 0.29) is 24.7 Å². The van der Waals surface area contributed by atoms with Crippen molar-refractivity contribution in [1.29, 1.82) is 0 Å². The van der Waals surface area contributed by atoms with Gasteiger partial charge in [-0.05, 0) is 6.07 Å². The van der Waals surface area contributed by atoms with E-state index < -0.39 is 10.1 Å². The lowest BCUT2D eigenvalue weighted by Crippen LogP contribution is -2.23. The zero-order valence-electron chi connectivity index (χ0n) is 12.9. The first-order valence-electron chi connectivity index (χ1n) is 7.28. The molecule has 2 aromatic rings. The van der Waals surface area contributed by atoms with Gasteiger partial charge < -0.3 is 5.32 Å². The maximum Gasteiger partial charge on any atom is 0.264 e. The average molecular weight is 345 g/mol. The Balaban J connectivity index is 1.90. The third-order valence-electron chi connectivity index (χ3n) is 3.67. The number of hydrogen-bond donors (Lipinski definition) is 1. The van der Waals surface area contributed by atoms with E-state index >= 15 is 0 Å². The summed E-state index contributed by atoms with van der Waals surface area (Å²) in [6.07, 6.45) is 0.969. The molecule has 0 heterocycles. The number of carbonyl (C=O) groups is 2. The topological polar surface area (TPSA) is 89.5 Å². The molecule has 0 unspecified atom stereocenters. The van der Waals surface area contributed by atoms with Crippen LogP contribution in [0.5, 0.6) is 0 Å². The van der Waals surface area contributed by atoms with E-state index in [0.717, 1.165) is 6.26 Å². The van der Waals surface area contributed by atoms with Crippen molar-refractivity contribution in [2.24, 2.45) is 0 Å². The quantitative estimate of drug-likeness (QED) is 0.561. The predicted octanol–water partition coefficient (Wildman–Crippen LogP) is 1.85. The Hall–Kier alpha value is -2.51. The van der Waals surface area contributed by atoms with E-state index in [1.165, 1.54) is 0 Å². The minimum absolute atomic E-state index is 0.0682. The molecule has 0 aliphatic heterocycles. The van der Waals surface area contributed by atoms with Gasteiger partial charge in [0.15, 0.2) is 11.6 Å². The Morgan fingerprint density at radius 2 is 1.54 bits per heavy atom. The van der Waals surface area contributed by atoms with Crippen molar-refractivity contribution in [2.45, 2.75) is 0 Å². The zero-order chi connectivity index (χ0) is 17.3. The van der Waals surface area contributed by atoms with Crippen LogP contribution in [0.4, 0.5) is 5.69 Å². The van der Waals surface area contributed by atoms with Gasteiger partial charge >= 0.3 is 0 Å². The van der Waals surface area contributed by atoms with Crippen molar-refractivity contribution < 1.29 is 22.2 Å². The van der Waals surface area contributed by atoms with Crippen molar-refractivity contribution >= 4 is 27.4 Å². The fourth-order valence-electron chi connectivity index (χ4n) is 2.67. The Labute approximate surface area is 139 Å². The Bertz CT molecular complexity index is 934. The van der Waals surface area contributed by atoms with E-state index in [4.69, 9.17) is 0 Å². The number of carbonyl (C=O) groups excluding carboxylic acids is 2. The van der Waals surface area contributed by atoms with Crippen molar-refractivity contribution in [2.75, 3.05) is 24.7 Å². The molecule has 0 fully saturated rings. The summed E-state index contributed by atoms with van der Waals surface area (Å²) in [6, 6.07) is 11.7. The molecule has 3 rings (SSSR count). The lowest BCUT2D eigenvalue weighted by atomic mass is 9.83. The number of ketones is 2. The fraction of sp³-hybridized carbons (Fsp3) is 0.176. The van der Waals surface area contributed by atoms with Gasteiger partial charge in [-0.1, -0.05) is 36.4 Å². The van der Waals surface area contributed by atoms with Gasteiger partial charge in [0.1, 0.15) is 0 Å². The van der Waals surface area contributed by atoms with Gasteiger partial charge in [0.05, 0.1) is 18.4 Å². The van der Waals surface area contributed by atoms with Gasteiger partial charge in [-0.15, -0.1) is 0 Å². The second-order valence-electron chi connectivity index (χ2n) is 5.38. The second-order valence-corrected chi connectivity index (χ2v) is 7.03. The van der Waals surface area contributed by atoms with E-state index in [2.05, 4.69) is 9.50 Å². The molecule has 1 aliphatic carbocycles. The molecule has 7 heteroatoms. The van der Waals surface area contributed by atoms with Gasteiger partial charge in [-0.25, -0.2) is 0 Å². The van der Waals surface area contributed by atoms with Crippen LogP contribution in [0.2, 0.25) is 0 Å². The van der Waals surface area contributed by atoms with Crippen LogP contribution in [0.25, 0.3) is 0 Å². The molecule has 0 saturated carbocycles. The normalized spacial score (nSPS) is 13.4. The summed E-state index contributed by atoms with van der Waals surface area (Å²) in [7, 11) is -3.52. The lowest BCUT2D eigenvalue weighted by Gasteiger charge is -2.20. The summed E-state index contributed by atoms with van der Waals surface area (Å²) < 4.78 is 26.6. The van der Waals surface area contributed by atoms with Crippen LogP contribution < -0.4 is 5.32 Å². The number of anilines is 1. The summed E-state index contributed by atoms with van der Waals surface area (Å²) in [5, 5.41) is 2.96. The first-order chi connectivity index (χ1) is 11.4. The predicted molar refractivity (Wildman–Crippen MR) is 89.0 cm³/mol. The van der Waals surface area contributed by atoms with Crippen LogP contribution in [0.15, 0.2) is 42.5 Å². The van der Waals surface area contributed by atoms with Crippen LogP contribution in [0.1, 0.15) is 31.8 Å². The molecule has 0 saturated heterocycles. The molecule has 124 valence electrons. The molecular formula is C17H15NO5S. The first-order valence-corrected chi connectivity index (χ1v) is 9.10. The van der Waals surface area contributed by atoms with Crippen LogP contribution in [0, 0.1) is 0 Å². The van der Waals surface area contributed by atoms with Gasteiger partial charge in [-0.3, -0.25) is 13.8 Å². The van der Waals surface area contributed by atoms with Crippen molar-refractivity contribution in [3.8, 4) is 0 Å². The van der Waals surface area contributed by atoms with E-state index in [9.17, 15) is 18.0 Å². The van der Waals surface area contributed by atoms with Crippen molar-refractivity contribution in [3.63, 3.8) is 0 Å². The minimum Gasteiger partial charge on any atom is -0.382 e. The van der Waals surface area contributed by atoms with Crippen molar-refractivity contribution in [3.05, 3.63) is 64.7 Å². The molecule has 0 spiro atoms. The average Bonchev–Trinajstić information content (AvgIpc) is 2.55. The molecule has 0 bridgehead atoms. The van der Waals surface area contributed by atoms with Crippen LogP contribution in [-0.2, 0) is 14.3 Å². The highest BCUT2D eigenvalue weighted by Crippen LogP contribution is 2.31. The molecule has 1 N–H and O–H groups in total. The highest BCUT2D eigenvalue weighted by molar-refractivity contribution is 7.85. The highest BCUT2D eigenvalue weighted by Gasteiger charge is 2.31. The first kappa shape index (κ1) is 16.4. The SMILES string of the molecule is CS(=O)(=O)OCCNc1cccc2c1C(=O)c1ccccc1C2=O. The molecule has 2 aromatic carbocycles. The molecule has 1 aliphatic rings. The smallest absolute Gasteiger partial charge is 0.264 e. The maximum atomic E-state index is 12.7. The third-order valence-corrected chi connectivity index (χ3v) is 4.26. The van der Waals surface area contributed by atoms with Crippen LogP contribution in [0.3, 0.4) is 0 Å². The number of fused-ring (bicyclic) bond motifs is 2. The molecule has 0 radical (unpaired) electrons. The molecular weight excluding hydrogens is 330 g/mol. The van der Waals surface area contributed by atoms with E-state index in [1.807, 2.05) is 0 Å². The van der Waals surface area contributed by atoms with Gasteiger partial charge in [-0.2, -0.15) is 8.42 Å². The minimum atomic E-state index is -3.52. The van der Waals surface area contributed by atoms with Gasteiger partial charge in [0.2, 0.25) is 0 Å². The van der Waals surface area contributed by atoms with E-state index in [1.54, 1.807) is 42.5 Å². The Morgan fingerprint density at radius 3 is 2.21 bits per heavy atom. The second kappa shape index (κ2) is 6.18. The number of benzene rings is 2. The third kappa shape index (κ3) is 3.08. The summed E-state index contributed by atoms with van der Waals surface area (Å²) in [5.74, 6) is -0.427. The Kier molecular flexibility index (Phi) is 4.21. The van der Waals surface area contributed by atoms with Crippen molar-refractivity contribution in [1.82, 2.24) is 0 Å². The standard InChI is InChI=1S/C17H15NO5S/c1-24(21,22)23-10-9-18-14-8-4-7-13-15(14)17(20)12-6-3-2-5-11(12)16(13)19/h2-8,18H,9-10H2,1H3. The number of nitrogens with one attached hydrogen (secondary N) is 1. The van der Waals surface area contributed by atoms with Gasteiger partial charge in [0, 0.05) is 28.9 Å². The molecule has 24 heavy (non-hydrogen) atoms. The largest absolute Gasteiger partial charge is 0.382 e. The maximum absolute atomic E-state index is 12.7. The monoisotopic (exact) mass is 345 g/mol. The lowest BCUT2D eigenvalue weighted by molar-refractivity contribution is 0.0979. The molecule has 0 atom stereocenters. The summed E-state index contributed by atoms with van der Waals surface area (Å²) in [4.78, 5) is 25.3. The highest BCUT2D eigenvalue weighted by atomic mass is 32.2.